The van der Waals surface area contributed by atoms with Crippen molar-refractivity contribution in [2.75, 3.05) is 7.11 Å². The van der Waals surface area contributed by atoms with Gasteiger partial charge < -0.3 is 15.2 Å². The average molecular weight is 329 g/mol. The van der Waals surface area contributed by atoms with Crippen LogP contribution < -0.4 is 10.1 Å². The molecule has 2 N–H and O–H groups in total. The minimum absolute atomic E-state index is 0.178. The molecule has 5 heteroatoms. The summed E-state index contributed by atoms with van der Waals surface area (Å²) in [6.45, 7) is 5.32. The highest BCUT2D eigenvalue weighted by Crippen LogP contribution is 2.25. The van der Waals surface area contributed by atoms with Crippen molar-refractivity contribution < 1.29 is 19.4 Å². The topological polar surface area (TPSA) is 75.6 Å². The SMILES string of the molecule is COc1ccc2cc(C(C)C(=O)N[C@@H](C(=O)O)C(C)C)ccc2c1. The summed E-state index contributed by atoms with van der Waals surface area (Å²) < 4.78 is 5.21. The van der Waals surface area contributed by atoms with E-state index in [1.54, 1.807) is 27.9 Å². The number of hydrogen-bond donors (Lipinski definition) is 2. The Hall–Kier alpha value is -2.56. The van der Waals surface area contributed by atoms with Gasteiger partial charge in [-0.05, 0) is 41.3 Å². The van der Waals surface area contributed by atoms with E-state index in [4.69, 9.17) is 4.74 Å². The van der Waals surface area contributed by atoms with Gasteiger partial charge in [0.15, 0.2) is 0 Å². The number of carboxylic acid groups (broad SMARTS) is 1. The molecule has 0 aliphatic heterocycles. The van der Waals surface area contributed by atoms with Crippen molar-refractivity contribution in [2.45, 2.75) is 32.7 Å². The summed E-state index contributed by atoms with van der Waals surface area (Å²) in [4.78, 5) is 23.6. The fourth-order valence-electron chi connectivity index (χ4n) is 2.58. The summed E-state index contributed by atoms with van der Waals surface area (Å²) in [5.41, 5.74) is 0.845. The lowest BCUT2D eigenvalue weighted by Crippen LogP contribution is -2.45. The molecule has 2 aromatic carbocycles. The summed E-state index contributed by atoms with van der Waals surface area (Å²) in [5, 5.41) is 13.9. The molecule has 24 heavy (non-hydrogen) atoms. The molecule has 0 aliphatic rings. The lowest BCUT2D eigenvalue weighted by Gasteiger charge is -2.21. The minimum Gasteiger partial charge on any atom is -0.497 e. The second-order valence-electron chi connectivity index (χ2n) is 6.26. The number of hydrogen-bond acceptors (Lipinski definition) is 3. The molecule has 0 aromatic heterocycles. The fourth-order valence-corrected chi connectivity index (χ4v) is 2.58. The number of benzene rings is 2. The van der Waals surface area contributed by atoms with E-state index in [1.807, 2.05) is 36.4 Å². The van der Waals surface area contributed by atoms with Crippen LogP contribution in [-0.2, 0) is 9.59 Å². The van der Waals surface area contributed by atoms with Gasteiger partial charge in [-0.2, -0.15) is 0 Å². The van der Waals surface area contributed by atoms with Gasteiger partial charge in [0.1, 0.15) is 11.8 Å². The number of carbonyl (C=O) groups excluding carboxylic acids is 1. The van der Waals surface area contributed by atoms with Crippen molar-refractivity contribution in [3.05, 3.63) is 42.0 Å². The lowest BCUT2D eigenvalue weighted by molar-refractivity contribution is -0.143. The largest absolute Gasteiger partial charge is 0.497 e. The summed E-state index contributed by atoms with van der Waals surface area (Å²) in [5.74, 6) is -1.14. The van der Waals surface area contributed by atoms with E-state index in [0.29, 0.717) is 0 Å². The third kappa shape index (κ3) is 3.85. The van der Waals surface area contributed by atoms with Crippen molar-refractivity contribution in [1.29, 1.82) is 0 Å². The average Bonchev–Trinajstić information content (AvgIpc) is 2.57. The van der Waals surface area contributed by atoms with Gasteiger partial charge >= 0.3 is 5.97 Å². The van der Waals surface area contributed by atoms with Crippen LogP contribution in [-0.4, -0.2) is 30.1 Å². The molecular formula is C19H23NO4. The van der Waals surface area contributed by atoms with Crippen LogP contribution in [0.15, 0.2) is 36.4 Å². The second-order valence-corrected chi connectivity index (χ2v) is 6.26. The van der Waals surface area contributed by atoms with E-state index >= 15 is 0 Å². The highest BCUT2D eigenvalue weighted by molar-refractivity contribution is 5.90. The van der Waals surface area contributed by atoms with Gasteiger partial charge in [0, 0.05) is 0 Å². The van der Waals surface area contributed by atoms with E-state index in [2.05, 4.69) is 5.32 Å². The number of amides is 1. The molecule has 0 saturated carbocycles. The molecule has 128 valence electrons. The molecule has 0 radical (unpaired) electrons. The molecular weight excluding hydrogens is 306 g/mol. The van der Waals surface area contributed by atoms with Gasteiger partial charge in [-0.25, -0.2) is 4.79 Å². The molecule has 0 fully saturated rings. The normalized spacial score (nSPS) is 13.5. The van der Waals surface area contributed by atoms with Gasteiger partial charge in [-0.1, -0.05) is 38.1 Å². The molecule has 0 saturated heterocycles. The third-order valence-corrected chi connectivity index (χ3v) is 4.20. The van der Waals surface area contributed by atoms with Crippen LogP contribution in [0.1, 0.15) is 32.3 Å². The third-order valence-electron chi connectivity index (χ3n) is 4.20. The van der Waals surface area contributed by atoms with Crippen LogP contribution in [0.2, 0.25) is 0 Å². The molecule has 2 rings (SSSR count). The zero-order valence-electron chi connectivity index (χ0n) is 14.4. The van der Waals surface area contributed by atoms with E-state index in [1.165, 1.54) is 0 Å². The van der Waals surface area contributed by atoms with Gasteiger partial charge in [0.05, 0.1) is 13.0 Å². The Morgan fingerprint density at radius 2 is 1.67 bits per heavy atom. The first-order valence-corrected chi connectivity index (χ1v) is 7.94. The number of carbonyl (C=O) groups is 2. The van der Waals surface area contributed by atoms with Gasteiger partial charge in [-0.15, -0.1) is 0 Å². The van der Waals surface area contributed by atoms with Crippen LogP contribution in [0.4, 0.5) is 0 Å². The standard InChI is InChI=1S/C19H23NO4/c1-11(2)17(19(22)23)20-18(21)12(3)13-5-6-15-10-16(24-4)8-7-14(15)9-13/h5-12,17H,1-4H3,(H,20,21)(H,22,23)/t12?,17-/m1/s1. The second kappa shape index (κ2) is 7.34. The smallest absolute Gasteiger partial charge is 0.326 e. The zero-order valence-corrected chi connectivity index (χ0v) is 14.4. The monoisotopic (exact) mass is 329 g/mol. The Labute approximate surface area is 141 Å². The lowest BCUT2D eigenvalue weighted by atomic mass is 9.96. The van der Waals surface area contributed by atoms with Gasteiger partial charge in [0.2, 0.25) is 5.91 Å². The van der Waals surface area contributed by atoms with Crippen molar-refractivity contribution in [3.8, 4) is 5.75 Å². The molecule has 0 heterocycles. The summed E-state index contributed by atoms with van der Waals surface area (Å²) in [7, 11) is 1.62. The zero-order chi connectivity index (χ0) is 17.9. The first-order chi connectivity index (χ1) is 11.3. The van der Waals surface area contributed by atoms with Crippen molar-refractivity contribution in [2.24, 2.45) is 5.92 Å². The Morgan fingerprint density at radius 3 is 2.25 bits per heavy atom. The van der Waals surface area contributed by atoms with Crippen LogP contribution >= 0.6 is 0 Å². The molecule has 0 spiro atoms. The molecule has 5 nitrogen and oxygen atoms in total. The molecule has 1 amide bonds. The number of fused-ring (bicyclic) bond motifs is 1. The maximum absolute atomic E-state index is 12.4. The molecule has 2 atom stereocenters. The summed E-state index contributed by atoms with van der Waals surface area (Å²) in [6.07, 6.45) is 0. The fraction of sp³-hybridized carbons (Fsp3) is 0.368. The quantitative estimate of drug-likeness (QED) is 0.853. The minimum atomic E-state index is -1.02. The maximum atomic E-state index is 12.4. The Balaban J connectivity index is 2.22. The number of nitrogens with one attached hydrogen (secondary N) is 1. The number of ether oxygens (including phenoxy) is 1. The van der Waals surface area contributed by atoms with Gasteiger partial charge in [0.25, 0.3) is 0 Å². The van der Waals surface area contributed by atoms with E-state index < -0.39 is 17.9 Å². The van der Waals surface area contributed by atoms with Crippen LogP contribution in [0.3, 0.4) is 0 Å². The summed E-state index contributed by atoms with van der Waals surface area (Å²) in [6, 6.07) is 10.6. The van der Waals surface area contributed by atoms with Crippen molar-refractivity contribution in [3.63, 3.8) is 0 Å². The van der Waals surface area contributed by atoms with E-state index in [-0.39, 0.29) is 11.8 Å². The maximum Gasteiger partial charge on any atom is 0.326 e. The molecule has 1 unspecified atom stereocenters. The Kier molecular flexibility index (Phi) is 5.44. The first kappa shape index (κ1) is 17.8. The van der Waals surface area contributed by atoms with Crippen LogP contribution in [0.25, 0.3) is 10.8 Å². The van der Waals surface area contributed by atoms with E-state index in [9.17, 15) is 14.7 Å². The van der Waals surface area contributed by atoms with Crippen molar-refractivity contribution >= 4 is 22.6 Å². The predicted octanol–water partition coefficient (Wildman–Crippen LogP) is 3.18. The Bertz CT molecular complexity index is 754. The van der Waals surface area contributed by atoms with Crippen LogP contribution in [0, 0.1) is 5.92 Å². The number of carboxylic acids is 1. The predicted molar refractivity (Wildman–Crippen MR) is 93.3 cm³/mol. The number of methoxy groups -OCH3 is 1. The van der Waals surface area contributed by atoms with Crippen LogP contribution in [0.5, 0.6) is 5.75 Å². The number of rotatable bonds is 6. The Morgan fingerprint density at radius 1 is 1.04 bits per heavy atom. The van der Waals surface area contributed by atoms with Crippen molar-refractivity contribution in [1.82, 2.24) is 5.32 Å². The highest BCUT2D eigenvalue weighted by Gasteiger charge is 2.26. The molecule has 2 aromatic rings. The number of aliphatic carboxylic acids is 1. The molecule has 0 bridgehead atoms. The summed E-state index contributed by atoms with van der Waals surface area (Å²) >= 11 is 0. The van der Waals surface area contributed by atoms with E-state index in [0.717, 1.165) is 22.1 Å². The highest BCUT2D eigenvalue weighted by atomic mass is 16.5. The van der Waals surface area contributed by atoms with Gasteiger partial charge in [-0.3, -0.25) is 4.79 Å². The molecule has 0 aliphatic carbocycles. The first-order valence-electron chi connectivity index (χ1n) is 7.94.